The predicted molar refractivity (Wildman–Crippen MR) is 73.6 cm³/mol. The summed E-state index contributed by atoms with van der Waals surface area (Å²) in [6.07, 6.45) is 0.436. The Bertz CT molecular complexity index is 475. The molecule has 4 N–H and O–H groups in total. The van der Waals surface area contributed by atoms with Crippen molar-refractivity contribution in [2.24, 2.45) is 0 Å². The number of carbonyl (C=O) groups is 2. The molecule has 1 fully saturated rings. The summed E-state index contributed by atoms with van der Waals surface area (Å²) < 4.78 is 0. The van der Waals surface area contributed by atoms with E-state index in [4.69, 9.17) is 5.73 Å². The second-order valence-electron chi connectivity index (χ2n) is 4.55. The first-order valence-electron chi connectivity index (χ1n) is 6.28. The number of amides is 2. The Morgan fingerprint density at radius 1 is 1.42 bits per heavy atom. The Labute approximate surface area is 112 Å². The van der Waals surface area contributed by atoms with Crippen LogP contribution in [0.2, 0.25) is 0 Å². The van der Waals surface area contributed by atoms with Gasteiger partial charge in [0.05, 0.1) is 6.54 Å². The molecule has 2 amide bonds. The maximum absolute atomic E-state index is 11.9. The number of anilines is 2. The van der Waals surface area contributed by atoms with E-state index in [0.29, 0.717) is 37.4 Å². The maximum atomic E-state index is 11.9. The number of nitrogens with zero attached hydrogens (tertiary/aromatic N) is 1. The summed E-state index contributed by atoms with van der Waals surface area (Å²) in [7, 11) is 0. The van der Waals surface area contributed by atoms with Gasteiger partial charge in [-0.3, -0.25) is 14.5 Å². The van der Waals surface area contributed by atoms with Gasteiger partial charge in [-0.05, 0) is 18.2 Å². The molecule has 102 valence electrons. The van der Waals surface area contributed by atoms with Gasteiger partial charge in [-0.1, -0.05) is 6.07 Å². The number of hydrogen-bond donors (Lipinski definition) is 3. The van der Waals surface area contributed by atoms with E-state index in [0.717, 1.165) is 0 Å². The van der Waals surface area contributed by atoms with Crippen LogP contribution in [0.4, 0.5) is 11.4 Å². The van der Waals surface area contributed by atoms with Gasteiger partial charge in [0.15, 0.2) is 0 Å². The molecular formula is C13H18N4O2. The second kappa shape index (κ2) is 6.19. The number of carbonyl (C=O) groups excluding carboxylic acids is 2. The summed E-state index contributed by atoms with van der Waals surface area (Å²) >= 11 is 0. The lowest BCUT2D eigenvalue weighted by molar-refractivity contribution is -0.121. The van der Waals surface area contributed by atoms with Gasteiger partial charge in [0.2, 0.25) is 11.8 Å². The average Bonchev–Trinajstić information content (AvgIpc) is 2.54. The summed E-state index contributed by atoms with van der Waals surface area (Å²) in [5, 5.41) is 5.57. The maximum Gasteiger partial charge on any atom is 0.238 e. The Balaban J connectivity index is 1.85. The fourth-order valence-electron chi connectivity index (χ4n) is 1.99. The number of nitrogens with two attached hydrogens (primary N) is 1. The SMILES string of the molecule is Nc1cccc(NC(=O)CN2CCNC(=O)CC2)c1. The first kappa shape index (κ1) is 13.4. The molecule has 1 aliphatic rings. The fourth-order valence-corrected chi connectivity index (χ4v) is 1.99. The van der Waals surface area contributed by atoms with E-state index in [9.17, 15) is 9.59 Å². The van der Waals surface area contributed by atoms with Crippen molar-refractivity contribution in [1.29, 1.82) is 0 Å². The Morgan fingerprint density at radius 3 is 3.05 bits per heavy atom. The Morgan fingerprint density at radius 2 is 2.26 bits per heavy atom. The highest BCUT2D eigenvalue weighted by atomic mass is 16.2. The summed E-state index contributed by atoms with van der Waals surface area (Å²) in [4.78, 5) is 25.0. The zero-order valence-electron chi connectivity index (χ0n) is 10.7. The van der Waals surface area contributed by atoms with E-state index < -0.39 is 0 Å². The second-order valence-corrected chi connectivity index (χ2v) is 4.55. The zero-order chi connectivity index (χ0) is 13.7. The molecule has 0 saturated carbocycles. The molecule has 1 saturated heterocycles. The molecule has 0 bridgehead atoms. The lowest BCUT2D eigenvalue weighted by atomic mass is 10.3. The number of hydrogen-bond acceptors (Lipinski definition) is 4. The van der Waals surface area contributed by atoms with Crippen LogP contribution in [-0.4, -0.2) is 42.9 Å². The molecule has 2 rings (SSSR count). The number of nitrogens with one attached hydrogen (secondary N) is 2. The van der Waals surface area contributed by atoms with E-state index in [1.54, 1.807) is 24.3 Å². The topological polar surface area (TPSA) is 87.5 Å². The zero-order valence-corrected chi connectivity index (χ0v) is 10.7. The molecule has 6 heteroatoms. The van der Waals surface area contributed by atoms with Crippen LogP contribution in [0.15, 0.2) is 24.3 Å². The van der Waals surface area contributed by atoms with Gasteiger partial charge in [0.25, 0.3) is 0 Å². The lowest BCUT2D eigenvalue weighted by Crippen LogP contribution is -2.35. The van der Waals surface area contributed by atoms with Crippen LogP contribution < -0.4 is 16.4 Å². The van der Waals surface area contributed by atoms with Gasteiger partial charge < -0.3 is 16.4 Å². The Hall–Kier alpha value is -2.08. The van der Waals surface area contributed by atoms with Crippen molar-refractivity contribution in [1.82, 2.24) is 10.2 Å². The highest BCUT2D eigenvalue weighted by Gasteiger charge is 2.15. The minimum Gasteiger partial charge on any atom is -0.399 e. The molecule has 6 nitrogen and oxygen atoms in total. The molecule has 0 spiro atoms. The summed E-state index contributed by atoms with van der Waals surface area (Å²) in [5.41, 5.74) is 6.95. The predicted octanol–water partition coefficient (Wildman–Crippen LogP) is 0.0292. The van der Waals surface area contributed by atoms with Gasteiger partial charge >= 0.3 is 0 Å². The van der Waals surface area contributed by atoms with Crippen molar-refractivity contribution < 1.29 is 9.59 Å². The fraction of sp³-hybridized carbons (Fsp3) is 0.385. The summed E-state index contributed by atoms with van der Waals surface area (Å²) in [5.74, 6) is -0.0568. The highest BCUT2D eigenvalue weighted by Crippen LogP contribution is 2.11. The van der Waals surface area contributed by atoms with Crippen LogP contribution in [0, 0.1) is 0 Å². The van der Waals surface area contributed by atoms with Crippen molar-refractivity contribution in [3.05, 3.63) is 24.3 Å². The molecule has 1 aromatic carbocycles. The molecule has 1 heterocycles. The molecule has 0 radical (unpaired) electrons. The van der Waals surface area contributed by atoms with Gasteiger partial charge in [-0.2, -0.15) is 0 Å². The normalized spacial score (nSPS) is 16.5. The third-order valence-electron chi connectivity index (χ3n) is 2.94. The Kier molecular flexibility index (Phi) is 4.35. The van der Waals surface area contributed by atoms with E-state index >= 15 is 0 Å². The number of benzene rings is 1. The smallest absolute Gasteiger partial charge is 0.238 e. The van der Waals surface area contributed by atoms with E-state index in [1.165, 1.54) is 0 Å². The van der Waals surface area contributed by atoms with Crippen molar-refractivity contribution in [2.45, 2.75) is 6.42 Å². The van der Waals surface area contributed by atoms with Crippen molar-refractivity contribution in [3.8, 4) is 0 Å². The van der Waals surface area contributed by atoms with Crippen LogP contribution >= 0.6 is 0 Å². The van der Waals surface area contributed by atoms with Crippen LogP contribution in [0.1, 0.15) is 6.42 Å². The van der Waals surface area contributed by atoms with Gasteiger partial charge in [0.1, 0.15) is 0 Å². The summed E-state index contributed by atoms with van der Waals surface area (Å²) in [6.45, 7) is 2.17. The molecule has 0 unspecified atom stereocenters. The third-order valence-corrected chi connectivity index (χ3v) is 2.94. The van der Waals surface area contributed by atoms with Crippen molar-refractivity contribution in [2.75, 3.05) is 37.2 Å². The van der Waals surface area contributed by atoms with Crippen molar-refractivity contribution >= 4 is 23.2 Å². The minimum atomic E-state index is -0.0973. The number of nitrogen functional groups attached to an aromatic ring is 1. The number of rotatable bonds is 3. The average molecular weight is 262 g/mol. The van der Waals surface area contributed by atoms with Crippen molar-refractivity contribution in [3.63, 3.8) is 0 Å². The third kappa shape index (κ3) is 4.26. The van der Waals surface area contributed by atoms with E-state index in [2.05, 4.69) is 10.6 Å². The first-order valence-corrected chi connectivity index (χ1v) is 6.28. The van der Waals surface area contributed by atoms with Crippen LogP contribution in [0.5, 0.6) is 0 Å². The quantitative estimate of drug-likeness (QED) is 0.671. The lowest BCUT2D eigenvalue weighted by Gasteiger charge is -2.18. The highest BCUT2D eigenvalue weighted by molar-refractivity contribution is 5.92. The van der Waals surface area contributed by atoms with Gasteiger partial charge in [0, 0.05) is 37.4 Å². The molecule has 0 aromatic heterocycles. The molecule has 19 heavy (non-hydrogen) atoms. The minimum absolute atomic E-state index is 0.0405. The van der Waals surface area contributed by atoms with Gasteiger partial charge in [-0.15, -0.1) is 0 Å². The first-order chi connectivity index (χ1) is 9.13. The molecule has 1 aromatic rings. The molecule has 0 aliphatic carbocycles. The summed E-state index contributed by atoms with van der Waals surface area (Å²) in [6, 6.07) is 7.06. The standard InChI is InChI=1S/C13H18N4O2/c14-10-2-1-3-11(8-10)16-13(19)9-17-6-4-12(18)15-5-7-17/h1-3,8H,4-7,9,14H2,(H,15,18)(H,16,19). The monoisotopic (exact) mass is 262 g/mol. The van der Waals surface area contributed by atoms with E-state index in [1.807, 2.05) is 4.90 Å². The molecule has 1 aliphatic heterocycles. The van der Waals surface area contributed by atoms with Gasteiger partial charge in [-0.25, -0.2) is 0 Å². The van der Waals surface area contributed by atoms with Crippen LogP contribution in [-0.2, 0) is 9.59 Å². The van der Waals surface area contributed by atoms with E-state index in [-0.39, 0.29) is 18.4 Å². The largest absolute Gasteiger partial charge is 0.399 e. The van der Waals surface area contributed by atoms with Crippen LogP contribution in [0.25, 0.3) is 0 Å². The molecule has 0 atom stereocenters. The van der Waals surface area contributed by atoms with Crippen LogP contribution in [0.3, 0.4) is 0 Å². The molecular weight excluding hydrogens is 244 g/mol.